The van der Waals surface area contributed by atoms with E-state index in [9.17, 15) is 4.79 Å². The minimum Gasteiger partial charge on any atom is -0.480 e. The van der Waals surface area contributed by atoms with Crippen molar-refractivity contribution in [2.75, 3.05) is 26.2 Å². The molecule has 2 atom stereocenters. The van der Waals surface area contributed by atoms with Crippen LogP contribution in [-0.2, 0) is 16.0 Å². The molecule has 1 saturated heterocycles. The van der Waals surface area contributed by atoms with Gasteiger partial charge in [-0.05, 0) is 11.6 Å². The van der Waals surface area contributed by atoms with Crippen molar-refractivity contribution in [2.24, 2.45) is 5.73 Å². The number of morpholine rings is 1. The maximum Gasteiger partial charge on any atom is 0.264 e. The third kappa shape index (κ3) is 2.90. The molecule has 0 saturated carbocycles. The highest BCUT2D eigenvalue weighted by Crippen LogP contribution is 2.29. The average molecular weight is 299 g/mol. The lowest BCUT2D eigenvalue weighted by atomic mass is 10.1. The fourth-order valence-electron chi connectivity index (χ4n) is 2.59. The van der Waals surface area contributed by atoms with Crippen LogP contribution in [0, 0.1) is 0 Å². The first-order valence-electron chi connectivity index (χ1n) is 6.63. The van der Waals surface area contributed by atoms with Gasteiger partial charge in [-0.15, -0.1) is 12.4 Å². The van der Waals surface area contributed by atoms with Crippen LogP contribution in [0.15, 0.2) is 24.3 Å². The number of nitrogens with two attached hydrogens (primary N) is 1. The largest absolute Gasteiger partial charge is 0.480 e. The van der Waals surface area contributed by atoms with E-state index in [1.807, 2.05) is 24.3 Å². The number of para-hydroxylation sites is 1. The predicted molar refractivity (Wildman–Crippen MR) is 77.2 cm³/mol. The van der Waals surface area contributed by atoms with Crippen molar-refractivity contribution in [2.45, 2.75) is 18.6 Å². The second kappa shape index (κ2) is 6.43. The van der Waals surface area contributed by atoms with Gasteiger partial charge in [0.15, 0.2) is 6.10 Å². The number of hydrogen-bond donors (Lipinski definition) is 1. The van der Waals surface area contributed by atoms with E-state index in [0.717, 1.165) is 11.3 Å². The van der Waals surface area contributed by atoms with Crippen LogP contribution in [0.4, 0.5) is 0 Å². The summed E-state index contributed by atoms with van der Waals surface area (Å²) in [5.74, 6) is 0.863. The molecule has 0 radical (unpaired) electrons. The van der Waals surface area contributed by atoms with E-state index in [2.05, 4.69) is 0 Å². The molecule has 6 heteroatoms. The molecule has 1 aromatic carbocycles. The second-order valence-electron chi connectivity index (χ2n) is 4.93. The molecule has 2 aliphatic rings. The minimum atomic E-state index is -0.395. The molecule has 2 aliphatic heterocycles. The molecule has 2 N–H and O–H groups in total. The monoisotopic (exact) mass is 298 g/mol. The minimum absolute atomic E-state index is 0. The SMILES string of the molecule is Cl.NCC1CN(C(=O)C2Cc3ccccc3O2)CCO1. The van der Waals surface area contributed by atoms with Gasteiger partial charge >= 0.3 is 0 Å². The number of fused-ring (bicyclic) bond motifs is 1. The lowest BCUT2D eigenvalue weighted by Gasteiger charge is -2.33. The average Bonchev–Trinajstić information content (AvgIpc) is 2.90. The van der Waals surface area contributed by atoms with Crippen molar-refractivity contribution in [3.05, 3.63) is 29.8 Å². The van der Waals surface area contributed by atoms with E-state index in [1.54, 1.807) is 4.90 Å². The number of halogens is 1. The molecule has 2 unspecified atom stereocenters. The van der Waals surface area contributed by atoms with Gasteiger partial charge in [0.05, 0.1) is 12.7 Å². The first kappa shape index (κ1) is 15.1. The fourth-order valence-corrected chi connectivity index (χ4v) is 2.59. The highest BCUT2D eigenvalue weighted by atomic mass is 35.5. The Balaban J connectivity index is 0.00000147. The summed E-state index contributed by atoms with van der Waals surface area (Å²) in [5.41, 5.74) is 6.70. The normalized spacial score (nSPS) is 24.6. The molecule has 5 nitrogen and oxygen atoms in total. The summed E-state index contributed by atoms with van der Waals surface area (Å²) in [6.45, 7) is 2.17. The van der Waals surface area contributed by atoms with Crippen LogP contribution in [0.5, 0.6) is 5.75 Å². The number of nitrogens with zero attached hydrogens (tertiary/aromatic N) is 1. The van der Waals surface area contributed by atoms with Crippen LogP contribution in [0.2, 0.25) is 0 Å². The highest BCUT2D eigenvalue weighted by molar-refractivity contribution is 5.85. The van der Waals surface area contributed by atoms with Gasteiger partial charge in [-0.1, -0.05) is 18.2 Å². The van der Waals surface area contributed by atoms with Gasteiger partial charge in [-0.25, -0.2) is 0 Å². The van der Waals surface area contributed by atoms with Crippen molar-refractivity contribution in [3.63, 3.8) is 0 Å². The van der Waals surface area contributed by atoms with Crippen molar-refractivity contribution >= 4 is 18.3 Å². The number of rotatable bonds is 2. The number of benzene rings is 1. The molecule has 0 aliphatic carbocycles. The van der Waals surface area contributed by atoms with Crippen LogP contribution >= 0.6 is 12.4 Å². The molecular weight excluding hydrogens is 280 g/mol. The van der Waals surface area contributed by atoms with Gasteiger partial charge in [-0.2, -0.15) is 0 Å². The molecule has 1 fully saturated rings. The number of carbonyl (C=O) groups excluding carboxylic acids is 1. The molecule has 1 aromatic rings. The van der Waals surface area contributed by atoms with Crippen molar-refractivity contribution < 1.29 is 14.3 Å². The van der Waals surface area contributed by atoms with E-state index in [0.29, 0.717) is 32.7 Å². The van der Waals surface area contributed by atoms with E-state index in [1.165, 1.54) is 0 Å². The van der Waals surface area contributed by atoms with Gasteiger partial charge in [0.1, 0.15) is 5.75 Å². The second-order valence-corrected chi connectivity index (χ2v) is 4.93. The Hall–Kier alpha value is -1.30. The molecule has 110 valence electrons. The fraction of sp³-hybridized carbons (Fsp3) is 0.500. The Bertz CT molecular complexity index is 458. The first-order valence-corrected chi connectivity index (χ1v) is 6.63. The molecule has 0 spiro atoms. The van der Waals surface area contributed by atoms with Crippen LogP contribution in [-0.4, -0.2) is 49.3 Å². The summed E-state index contributed by atoms with van der Waals surface area (Å²) >= 11 is 0. The third-order valence-corrected chi connectivity index (χ3v) is 3.64. The summed E-state index contributed by atoms with van der Waals surface area (Å²) in [4.78, 5) is 14.2. The zero-order chi connectivity index (χ0) is 13.2. The van der Waals surface area contributed by atoms with Gasteiger partial charge < -0.3 is 20.1 Å². The summed E-state index contributed by atoms with van der Waals surface area (Å²) in [5, 5.41) is 0. The van der Waals surface area contributed by atoms with E-state index in [-0.39, 0.29) is 24.4 Å². The van der Waals surface area contributed by atoms with Gasteiger partial charge in [-0.3, -0.25) is 4.79 Å². The summed E-state index contributed by atoms with van der Waals surface area (Å²) < 4.78 is 11.2. The zero-order valence-electron chi connectivity index (χ0n) is 11.2. The lowest BCUT2D eigenvalue weighted by Crippen LogP contribution is -2.51. The topological polar surface area (TPSA) is 64.8 Å². The summed E-state index contributed by atoms with van der Waals surface area (Å²) in [6.07, 6.45) is 0.204. The molecule has 0 bridgehead atoms. The Kier molecular flexibility index (Phi) is 4.86. The quantitative estimate of drug-likeness (QED) is 0.868. The highest BCUT2D eigenvalue weighted by Gasteiger charge is 2.34. The van der Waals surface area contributed by atoms with Crippen LogP contribution in [0.25, 0.3) is 0 Å². The molecule has 20 heavy (non-hydrogen) atoms. The van der Waals surface area contributed by atoms with E-state index < -0.39 is 6.10 Å². The number of amides is 1. The molecule has 1 amide bonds. The van der Waals surface area contributed by atoms with Gasteiger partial charge in [0.2, 0.25) is 0 Å². The maximum atomic E-state index is 12.4. The number of carbonyl (C=O) groups is 1. The summed E-state index contributed by atoms with van der Waals surface area (Å²) in [7, 11) is 0. The standard InChI is InChI=1S/C14H18N2O3.ClH/c15-8-11-9-16(5-6-18-11)14(17)13-7-10-3-1-2-4-12(10)19-13;/h1-4,11,13H,5-9,15H2;1H. The Morgan fingerprint density at radius 2 is 2.20 bits per heavy atom. The number of ether oxygens (including phenoxy) is 2. The molecular formula is C14H19ClN2O3. The molecule has 3 rings (SSSR count). The van der Waals surface area contributed by atoms with Crippen LogP contribution in [0.3, 0.4) is 0 Å². The Labute approximate surface area is 124 Å². The lowest BCUT2D eigenvalue weighted by molar-refractivity contribution is -0.145. The Morgan fingerprint density at radius 1 is 1.40 bits per heavy atom. The Morgan fingerprint density at radius 3 is 2.95 bits per heavy atom. The first-order chi connectivity index (χ1) is 9.28. The third-order valence-electron chi connectivity index (χ3n) is 3.64. The van der Waals surface area contributed by atoms with Crippen molar-refractivity contribution in [1.82, 2.24) is 4.90 Å². The van der Waals surface area contributed by atoms with Gasteiger partial charge in [0, 0.05) is 26.1 Å². The molecule has 0 aromatic heterocycles. The van der Waals surface area contributed by atoms with Crippen molar-refractivity contribution in [3.8, 4) is 5.75 Å². The van der Waals surface area contributed by atoms with E-state index in [4.69, 9.17) is 15.2 Å². The van der Waals surface area contributed by atoms with Gasteiger partial charge in [0.25, 0.3) is 5.91 Å². The smallest absolute Gasteiger partial charge is 0.264 e. The summed E-state index contributed by atoms with van der Waals surface area (Å²) in [6, 6.07) is 7.80. The number of hydrogen-bond acceptors (Lipinski definition) is 4. The van der Waals surface area contributed by atoms with E-state index >= 15 is 0 Å². The van der Waals surface area contributed by atoms with Crippen LogP contribution in [0.1, 0.15) is 5.56 Å². The molecule has 2 heterocycles. The maximum absolute atomic E-state index is 12.4. The van der Waals surface area contributed by atoms with Crippen LogP contribution < -0.4 is 10.5 Å². The van der Waals surface area contributed by atoms with Crippen molar-refractivity contribution in [1.29, 1.82) is 0 Å². The zero-order valence-corrected chi connectivity index (χ0v) is 12.0. The predicted octanol–water partition coefficient (Wildman–Crippen LogP) is 0.598.